The van der Waals surface area contributed by atoms with Gasteiger partial charge < -0.3 is 19.3 Å². The molecular weight excluding hydrogens is 494 g/mol. The number of hydrogen-bond acceptors (Lipinski definition) is 9. The lowest BCUT2D eigenvalue weighted by molar-refractivity contribution is -0.145. The molecule has 2 aliphatic heterocycles. The van der Waals surface area contributed by atoms with E-state index in [1.807, 2.05) is 25.3 Å². The van der Waals surface area contributed by atoms with Crippen LogP contribution in [0.15, 0.2) is 23.1 Å². The summed E-state index contributed by atoms with van der Waals surface area (Å²) in [5.74, 6) is -1.22. The molecule has 1 aromatic rings. The number of carbonyl (C=O) groups excluding carboxylic acids is 3. The zero-order valence-corrected chi connectivity index (χ0v) is 23.4. The number of cyclic esters (lactones) is 1. The summed E-state index contributed by atoms with van der Waals surface area (Å²) in [5, 5.41) is 11.8. The van der Waals surface area contributed by atoms with E-state index in [4.69, 9.17) is 14.2 Å². The molecule has 3 heterocycles. The van der Waals surface area contributed by atoms with Crippen LogP contribution in [0.4, 0.5) is 0 Å². The number of hydrogen-bond donors (Lipinski definition) is 1. The van der Waals surface area contributed by atoms with Gasteiger partial charge >= 0.3 is 5.97 Å². The molecule has 1 N–H and O–H groups in total. The van der Waals surface area contributed by atoms with Crippen molar-refractivity contribution in [2.45, 2.75) is 97.7 Å². The highest BCUT2D eigenvalue weighted by Gasteiger charge is 2.52. The first-order valence-electron chi connectivity index (χ1n) is 12.8. The average Bonchev–Trinajstić information content (AvgIpc) is 3.25. The van der Waals surface area contributed by atoms with Crippen molar-refractivity contribution >= 4 is 35.6 Å². The number of esters is 1. The van der Waals surface area contributed by atoms with Gasteiger partial charge in [0.05, 0.1) is 29.9 Å². The van der Waals surface area contributed by atoms with Crippen molar-refractivity contribution in [1.82, 2.24) is 4.98 Å². The number of nitrogens with zero attached hydrogens (tertiary/aromatic N) is 1. The summed E-state index contributed by atoms with van der Waals surface area (Å²) >= 11 is 1.37. The van der Waals surface area contributed by atoms with Crippen LogP contribution in [0.1, 0.15) is 77.9 Å². The first kappa shape index (κ1) is 29.2. The average molecular weight is 534 g/mol. The van der Waals surface area contributed by atoms with E-state index >= 15 is 0 Å². The van der Waals surface area contributed by atoms with E-state index in [0.29, 0.717) is 23.6 Å². The molecule has 0 bridgehead atoms. The molecule has 9 heteroatoms. The Morgan fingerprint density at radius 3 is 2.68 bits per heavy atom. The largest absolute Gasteiger partial charge is 0.464 e. The van der Waals surface area contributed by atoms with Crippen molar-refractivity contribution in [2.75, 3.05) is 0 Å². The number of ketones is 1. The van der Waals surface area contributed by atoms with E-state index in [1.165, 1.54) is 17.4 Å². The Bertz CT molecular complexity index is 1050. The van der Waals surface area contributed by atoms with Crippen LogP contribution in [-0.4, -0.2) is 52.2 Å². The summed E-state index contributed by atoms with van der Waals surface area (Å²) in [6.07, 6.45) is 6.52. The summed E-state index contributed by atoms with van der Waals surface area (Å²) in [7, 11) is 0. The number of ether oxygens (including phenoxy) is 3. The first-order chi connectivity index (χ1) is 17.4. The van der Waals surface area contributed by atoms with Crippen LogP contribution in [0.2, 0.25) is 0 Å². The highest BCUT2D eigenvalue weighted by molar-refractivity contribution is 7.09. The van der Waals surface area contributed by atoms with Crippen LogP contribution in [0.5, 0.6) is 0 Å². The fourth-order valence-electron chi connectivity index (χ4n) is 5.14. The van der Waals surface area contributed by atoms with Gasteiger partial charge in [-0.15, -0.1) is 11.3 Å². The van der Waals surface area contributed by atoms with E-state index in [9.17, 15) is 19.5 Å². The smallest absolute Gasteiger partial charge is 0.331 e. The number of thiazole rings is 1. The van der Waals surface area contributed by atoms with E-state index in [-0.39, 0.29) is 30.0 Å². The van der Waals surface area contributed by atoms with Gasteiger partial charge in [-0.05, 0) is 58.1 Å². The molecule has 1 saturated heterocycles. The van der Waals surface area contributed by atoms with Gasteiger partial charge in [-0.25, -0.2) is 9.78 Å². The molecule has 0 aromatic carbocycles. The number of Topliss-reactive ketones (excluding diaryl/α,β-unsaturated/α-hetero) is 1. The van der Waals surface area contributed by atoms with Crippen LogP contribution in [-0.2, 0) is 35.2 Å². The van der Waals surface area contributed by atoms with E-state index in [1.54, 1.807) is 26.8 Å². The molecule has 37 heavy (non-hydrogen) atoms. The third-order valence-corrected chi connectivity index (χ3v) is 8.45. The Hall–Kier alpha value is -2.36. The normalized spacial score (nSPS) is 34.2. The van der Waals surface area contributed by atoms with Gasteiger partial charge in [-0.1, -0.05) is 26.3 Å². The highest BCUT2D eigenvalue weighted by Crippen LogP contribution is 2.45. The van der Waals surface area contributed by atoms with E-state index in [0.717, 1.165) is 24.8 Å². The van der Waals surface area contributed by atoms with Crippen molar-refractivity contribution in [3.8, 4) is 0 Å². The quantitative estimate of drug-likeness (QED) is 0.330. The molecule has 1 fully saturated rings. The van der Waals surface area contributed by atoms with Gasteiger partial charge in [-0.2, -0.15) is 0 Å². The summed E-state index contributed by atoms with van der Waals surface area (Å²) in [5.41, 5.74) is 0.236. The summed E-state index contributed by atoms with van der Waals surface area (Å²) < 4.78 is 17.3. The number of epoxide rings is 1. The summed E-state index contributed by atoms with van der Waals surface area (Å²) in [6, 6.07) is 0. The van der Waals surface area contributed by atoms with Gasteiger partial charge in [-0.3, -0.25) is 9.59 Å². The van der Waals surface area contributed by atoms with Crippen LogP contribution in [0.25, 0.3) is 6.08 Å². The van der Waals surface area contributed by atoms with Crippen LogP contribution in [0, 0.1) is 17.3 Å². The third kappa shape index (κ3) is 7.36. The minimum atomic E-state index is -0.959. The fraction of sp³-hybridized carbons (Fsp3) is 0.643. The third-order valence-electron chi connectivity index (χ3n) is 7.59. The standard InChI is InChI=1S/C28H39NO7S/c1-17-8-7-10-28(6)22(36-28)13-21(18(2)12-20-15-37-23(14-30)29-20)35-24(32)9-11-27(4,5)26(33)19(3)25(17)34-16-31/h9,11-12,15-17,19,21-22,25,30H,7-8,10,13-14H2,1-6H3/b11-9-,18-12+. The van der Waals surface area contributed by atoms with Gasteiger partial charge in [0.2, 0.25) is 0 Å². The van der Waals surface area contributed by atoms with Crippen LogP contribution >= 0.6 is 11.3 Å². The topological polar surface area (TPSA) is 115 Å². The number of allylic oxidation sites excluding steroid dienone is 1. The van der Waals surface area contributed by atoms with Crippen molar-refractivity contribution in [3.05, 3.63) is 33.8 Å². The lowest BCUT2D eigenvalue weighted by Crippen LogP contribution is -2.39. The SMILES string of the molecule is C/C(=C\c1csc(CO)n1)C1CC2OC2(C)CCCC(C)C(OC=O)C(C)C(=O)C(C)(C)/C=C\C(=O)O1. The molecule has 0 aliphatic carbocycles. The maximum absolute atomic E-state index is 13.4. The Morgan fingerprint density at radius 2 is 2.03 bits per heavy atom. The molecule has 3 rings (SSSR count). The van der Waals surface area contributed by atoms with Crippen molar-refractivity contribution in [3.63, 3.8) is 0 Å². The monoisotopic (exact) mass is 533 g/mol. The predicted molar refractivity (Wildman–Crippen MR) is 141 cm³/mol. The maximum Gasteiger partial charge on any atom is 0.331 e. The van der Waals surface area contributed by atoms with Gasteiger partial charge in [0, 0.05) is 23.3 Å². The van der Waals surface area contributed by atoms with E-state index in [2.05, 4.69) is 11.9 Å². The second kappa shape index (κ2) is 12.0. The molecule has 0 spiro atoms. The van der Waals surface area contributed by atoms with Gasteiger partial charge in [0.15, 0.2) is 0 Å². The van der Waals surface area contributed by atoms with Crippen LogP contribution in [0.3, 0.4) is 0 Å². The molecule has 1 aromatic heterocycles. The second-order valence-electron chi connectivity index (χ2n) is 11.1. The molecule has 0 amide bonds. The van der Waals surface area contributed by atoms with Crippen LogP contribution < -0.4 is 0 Å². The fourth-order valence-corrected chi connectivity index (χ4v) is 5.75. The summed E-state index contributed by atoms with van der Waals surface area (Å²) in [4.78, 5) is 41.8. The van der Waals surface area contributed by atoms with Crippen molar-refractivity contribution in [1.29, 1.82) is 0 Å². The Morgan fingerprint density at radius 1 is 1.30 bits per heavy atom. The molecular formula is C28H39NO7S. The number of carbonyl (C=O) groups is 3. The summed E-state index contributed by atoms with van der Waals surface area (Å²) in [6.45, 7) is 11.5. The maximum atomic E-state index is 13.4. The van der Waals surface area contributed by atoms with E-state index < -0.39 is 29.5 Å². The first-order valence-corrected chi connectivity index (χ1v) is 13.7. The van der Waals surface area contributed by atoms with Gasteiger partial charge in [0.1, 0.15) is 23.0 Å². The molecule has 204 valence electrons. The number of aromatic nitrogens is 1. The zero-order chi connectivity index (χ0) is 27.4. The molecule has 2 aliphatic rings. The predicted octanol–water partition coefficient (Wildman–Crippen LogP) is 4.65. The second-order valence-corrected chi connectivity index (χ2v) is 12.0. The van der Waals surface area contributed by atoms with Gasteiger partial charge in [0.25, 0.3) is 6.47 Å². The number of rotatable bonds is 5. The number of fused-ring (bicyclic) bond motifs is 1. The lowest BCUT2D eigenvalue weighted by atomic mass is 9.76. The molecule has 0 saturated carbocycles. The number of aliphatic hydroxyl groups is 1. The Kier molecular flexibility index (Phi) is 9.47. The lowest BCUT2D eigenvalue weighted by Gasteiger charge is -2.31. The molecule has 6 atom stereocenters. The minimum absolute atomic E-state index is 0.0116. The Labute approximate surface area is 223 Å². The van der Waals surface area contributed by atoms with Crippen molar-refractivity contribution < 1.29 is 33.7 Å². The highest BCUT2D eigenvalue weighted by atomic mass is 32.1. The molecule has 0 radical (unpaired) electrons. The van der Waals surface area contributed by atoms with Crippen molar-refractivity contribution in [2.24, 2.45) is 17.3 Å². The molecule has 8 nitrogen and oxygen atoms in total. The Balaban J connectivity index is 1.88. The number of aliphatic hydroxyl groups excluding tert-OH is 1. The zero-order valence-electron chi connectivity index (χ0n) is 22.6. The minimum Gasteiger partial charge on any atom is -0.464 e. The molecule has 6 unspecified atom stereocenters.